The van der Waals surface area contributed by atoms with Crippen LogP contribution in [0, 0.1) is 29.1 Å². The number of rotatable bonds is 0. The smallest absolute Gasteiger partial charge is 0.155 e. The van der Waals surface area contributed by atoms with Gasteiger partial charge in [-0.15, -0.1) is 0 Å². The van der Waals surface area contributed by atoms with Crippen molar-refractivity contribution in [1.29, 1.82) is 0 Å². The van der Waals surface area contributed by atoms with Gasteiger partial charge < -0.3 is 0 Å². The van der Waals surface area contributed by atoms with Gasteiger partial charge >= 0.3 is 0 Å². The van der Waals surface area contributed by atoms with Gasteiger partial charge in [0.25, 0.3) is 0 Å². The summed E-state index contributed by atoms with van der Waals surface area (Å²) in [4.78, 5) is 23.9. The van der Waals surface area contributed by atoms with Gasteiger partial charge in [-0.05, 0) is 68.3 Å². The summed E-state index contributed by atoms with van der Waals surface area (Å²) in [6.07, 6.45) is 10.3. The molecule has 3 fully saturated rings. The first-order valence-corrected chi connectivity index (χ1v) is 8.36. The molecule has 0 aromatic rings. The number of fused-ring (bicyclic) bond motifs is 5. The number of Topliss-reactive ketones (excluding diaryl/α,β-unsaturated/α-hetero) is 1. The highest BCUT2D eigenvalue weighted by atomic mass is 16.1. The second kappa shape index (κ2) is 4.29. The predicted molar refractivity (Wildman–Crippen MR) is 77.1 cm³/mol. The van der Waals surface area contributed by atoms with Crippen LogP contribution in [0.4, 0.5) is 0 Å². The van der Waals surface area contributed by atoms with Crippen molar-refractivity contribution in [2.45, 2.75) is 58.3 Å². The van der Waals surface area contributed by atoms with Crippen molar-refractivity contribution in [1.82, 2.24) is 0 Å². The minimum atomic E-state index is -0.00707. The zero-order chi connectivity index (χ0) is 13.9. The van der Waals surface area contributed by atoms with Gasteiger partial charge in [-0.3, -0.25) is 9.59 Å². The Hall–Kier alpha value is -0.920. The molecule has 0 unspecified atom stereocenters. The van der Waals surface area contributed by atoms with E-state index in [0.717, 1.165) is 50.4 Å². The molecule has 2 heteroatoms. The molecule has 0 spiro atoms. The summed E-state index contributed by atoms with van der Waals surface area (Å²) in [7, 11) is 0. The second-order valence-corrected chi connectivity index (χ2v) is 7.72. The maximum Gasteiger partial charge on any atom is 0.155 e. The Labute approximate surface area is 121 Å². The van der Waals surface area contributed by atoms with E-state index >= 15 is 0 Å². The largest absolute Gasteiger partial charge is 0.299 e. The molecule has 0 heterocycles. The Balaban J connectivity index is 1.65. The van der Waals surface area contributed by atoms with Crippen molar-refractivity contribution in [3.63, 3.8) is 0 Å². The minimum absolute atomic E-state index is 0.00707. The fourth-order valence-electron chi connectivity index (χ4n) is 5.95. The Morgan fingerprint density at radius 3 is 2.70 bits per heavy atom. The Bertz CT molecular complexity index is 504. The quantitative estimate of drug-likeness (QED) is 0.674. The third-order valence-electron chi connectivity index (χ3n) is 7.01. The van der Waals surface area contributed by atoms with Crippen LogP contribution in [0.1, 0.15) is 58.3 Å². The molecule has 0 aliphatic heterocycles. The van der Waals surface area contributed by atoms with Crippen molar-refractivity contribution >= 4 is 11.6 Å². The molecule has 0 aromatic carbocycles. The summed E-state index contributed by atoms with van der Waals surface area (Å²) in [5.74, 6) is 3.66. The number of allylic oxidation sites excluding steroid dienone is 1. The molecule has 0 aromatic heterocycles. The molecule has 108 valence electrons. The zero-order valence-electron chi connectivity index (χ0n) is 12.4. The van der Waals surface area contributed by atoms with Gasteiger partial charge in [-0.25, -0.2) is 0 Å². The molecule has 4 aliphatic rings. The van der Waals surface area contributed by atoms with E-state index in [1.807, 2.05) is 6.08 Å². The number of hydrogen-bond donors (Lipinski definition) is 0. The summed E-state index contributed by atoms with van der Waals surface area (Å²) in [6.45, 7) is 2.24. The molecular weight excluding hydrogens is 248 g/mol. The lowest BCUT2D eigenvalue weighted by atomic mass is 9.52. The lowest BCUT2D eigenvalue weighted by Crippen LogP contribution is -2.46. The van der Waals surface area contributed by atoms with Crippen molar-refractivity contribution in [2.75, 3.05) is 0 Å². The Kier molecular flexibility index (Phi) is 2.74. The van der Waals surface area contributed by atoms with E-state index in [4.69, 9.17) is 0 Å². The highest BCUT2D eigenvalue weighted by Gasteiger charge is 2.55. The van der Waals surface area contributed by atoms with Crippen LogP contribution in [0.15, 0.2) is 11.6 Å². The average Bonchev–Trinajstić information content (AvgIpc) is 2.74. The topological polar surface area (TPSA) is 34.1 Å². The van der Waals surface area contributed by atoms with Gasteiger partial charge in [-0.2, -0.15) is 0 Å². The summed E-state index contributed by atoms with van der Waals surface area (Å²) in [5.41, 5.74) is 1.43. The highest BCUT2D eigenvalue weighted by molar-refractivity contribution is 5.91. The lowest BCUT2D eigenvalue weighted by Gasteiger charge is -2.52. The first-order valence-electron chi connectivity index (χ1n) is 8.36. The fraction of sp³-hybridized carbons (Fsp3) is 0.778. The number of carbonyl (C=O) groups excluding carboxylic acids is 2. The highest BCUT2D eigenvalue weighted by Crippen LogP contribution is 2.60. The molecule has 0 bridgehead atoms. The van der Waals surface area contributed by atoms with Crippen molar-refractivity contribution in [3.05, 3.63) is 11.6 Å². The van der Waals surface area contributed by atoms with E-state index in [-0.39, 0.29) is 5.41 Å². The van der Waals surface area contributed by atoms with Gasteiger partial charge in [0.2, 0.25) is 0 Å². The molecule has 0 amide bonds. The number of ketones is 2. The summed E-state index contributed by atoms with van der Waals surface area (Å²) in [6, 6.07) is 0. The molecular formula is C18H24O2. The van der Waals surface area contributed by atoms with E-state index in [9.17, 15) is 9.59 Å². The molecule has 3 saturated carbocycles. The van der Waals surface area contributed by atoms with Crippen molar-refractivity contribution < 1.29 is 9.59 Å². The number of hydrogen-bond acceptors (Lipinski definition) is 2. The van der Waals surface area contributed by atoms with Crippen LogP contribution in [0.3, 0.4) is 0 Å². The first kappa shape index (κ1) is 12.8. The monoisotopic (exact) mass is 272 g/mol. The van der Waals surface area contributed by atoms with E-state index in [0.29, 0.717) is 23.4 Å². The molecule has 4 rings (SSSR count). The standard InChI is InChI=1S/C18H24O2/c1-18-9-8-14-13-5-3-12(19)10-11(13)2-4-15(14)16(18)6-7-17(18)20/h10,13-16H,2-9H2,1H3/t13-,14+,15+,16+,18-/m1/s1. The summed E-state index contributed by atoms with van der Waals surface area (Å²) < 4.78 is 0. The van der Waals surface area contributed by atoms with Crippen molar-refractivity contribution in [3.8, 4) is 0 Å². The van der Waals surface area contributed by atoms with Crippen LogP contribution in [0.2, 0.25) is 0 Å². The van der Waals surface area contributed by atoms with Gasteiger partial charge in [0.15, 0.2) is 5.78 Å². The summed E-state index contributed by atoms with van der Waals surface area (Å²) in [5, 5.41) is 0. The van der Waals surface area contributed by atoms with Crippen molar-refractivity contribution in [2.24, 2.45) is 29.1 Å². The van der Waals surface area contributed by atoms with Crippen LogP contribution in [0.25, 0.3) is 0 Å². The molecule has 5 atom stereocenters. The fourth-order valence-corrected chi connectivity index (χ4v) is 5.95. The van der Waals surface area contributed by atoms with E-state index in [2.05, 4.69) is 6.92 Å². The Morgan fingerprint density at radius 1 is 1.00 bits per heavy atom. The van der Waals surface area contributed by atoms with E-state index in [1.165, 1.54) is 18.4 Å². The SMILES string of the molecule is C[C@@]12CC[C@@H]3[C@H](CCC4=CC(=O)CC[C@H]43)[C@@H]1CCC2=O. The van der Waals surface area contributed by atoms with Gasteiger partial charge in [-0.1, -0.05) is 12.5 Å². The summed E-state index contributed by atoms with van der Waals surface area (Å²) >= 11 is 0. The zero-order valence-corrected chi connectivity index (χ0v) is 12.4. The van der Waals surface area contributed by atoms with Gasteiger partial charge in [0.05, 0.1) is 0 Å². The Morgan fingerprint density at radius 2 is 1.85 bits per heavy atom. The third kappa shape index (κ3) is 1.63. The van der Waals surface area contributed by atoms with Crippen LogP contribution in [-0.2, 0) is 9.59 Å². The van der Waals surface area contributed by atoms with Crippen LogP contribution in [0.5, 0.6) is 0 Å². The second-order valence-electron chi connectivity index (χ2n) is 7.72. The first-order chi connectivity index (χ1) is 9.59. The molecule has 0 radical (unpaired) electrons. The molecule has 2 nitrogen and oxygen atoms in total. The van der Waals surface area contributed by atoms with Gasteiger partial charge in [0, 0.05) is 18.3 Å². The van der Waals surface area contributed by atoms with Crippen LogP contribution in [-0.4, -0.2) is 11.6 Å². The van der Waals surface area contributed by atoms with Crippen LogP contribution < -0.4 is 0 Å². The van der Waals surface area contributed by atoms with Gasteiger partial charge in [0.1, 0.15) is 5.78 Å². The van der Waals surface area contributed by atoms with Crippen LogP contribution >= 0.6 is 0 Å². The minimum Gasteiger partial charge on any atom is -0.299 e. The molecule has 0 saturated heterocycles. The normalized spacial score (nSPS) is 47.4. The number of carbonyl (C=O) groups is 2. The predicted octanol–water partition coefficient (Wildman–Crippen LogP) is 3.70. The van der Waals surface area contributed by atoms with E-state index < -0.39 is 0 Å². The molecule has 20 heavy (non-hydrogen) atoms. The third-order valence-corrected chi connectivity index (χ3v) is 7.01. The average molecular weight is 272 g/mol. The molecule has 4 aliphatic carbocycles. The maximum absolute atomic E-state index is 12.3. The maximum atomic E-state index is 12.3. The van der Waals surface area contributed by atoms with E-state index in [1.54, 1.807) is 0 Å². The molecule has 0 N–H and O–H groups in total. The lowest BCUT2D eigenvalue weighted by molar-refractivity contribution is -0.131.